The summed E-state index contributed by atoms with van der Waals surface area (Å²) in [7, 11) is 0. The minimum absolute atomic E-state index is 0.660. The fourth-order valence-corrected chi connectivity index (χ4v) is 3.02. The van der Waals surface area contributed by atoms with E-state index in [-0.39, 0.29) is 0 Å². The molecule has 2 rings (SSSR count). The van der Waals surface area contributed by atoms with Crippen molar-refractivity contribution in [1.29, 1.82) is 0 Å². The van der Waals surface area contributed by atoms with Crippen molar-refractivity contribution >= 4 is 33.3 Å². The third kappa shape index (κ3) is 3.36. The van der Waals surface area contributed by atoms with E-state index < -0.39 is 0 Å². The smallest absolute Gasteiger partial charge is 0.140 e. The number of pyridine rings is 1. The molecule has 0 aliphatic heterocycles. The Bertz CT molecular complexity index is 351. The maximum Gasteiger partial charge on any atom is 0.140 e. The van der Waals surface area contributed by atoms with Crippen LogP contribution in [0.15, 0.2) is 16.7 Å². The van der Waals surface area contributed by atoms with Crippen LogP contribution in [0.25, 0.3) is 0 Å². The van der Waals surface area contributed by atoms with Gasteiger partial charge in [-0.25, -0.2) is 4.98 Å². The van der Waals surface area contributed by atoms with E-state index in [4.69, 9.17) is 11.6 Å². The molecule has 1 fully saturated rings. The van der Waals surface area contributed by atoms with E-state index in [1.807, 2.05) is 6.07 Å². The molecule has 0 radical (unpaired) electrons. The topological polar surface area (TPSA) is 24.9 Å². The molecule has 0 spiro atoms. The predicted molar refractivity (Wildman–Crippen MR) is 72.0 cm³/mol. The van der Waals surface area contributed by atoms with Crippen LogP contribution in [0.4, 0.5) is 5.82 Å². The number of nitrogens with zero attached hydrogens (tertiary/aromatic N) is 1. The fraction of sp³-hybridized carbons (Fsp3) is 0.583. The minimum atomic E-state index is 0.660. The lowest BCUT2D eigenvalue weighted by Gasteiger charge is -2.11. The molecule has 0 bridgehead atoms. The molecule has 1 aromatic rings. The van der Waals surface area contributed by atoms with E-state index in [9.17, 15) is 0 Å². The van der Waals surface area contributed by atoms with Crippen LogP contribution in [-0.4, -0.2) is 11.5 Å². The first kappa shape index (κ1) is 12.2. The summed E-state index contributed by atoms with van der Waals surface area (Å²) >= 11 is 9.29. The standard InChI is InChI=1S/C12H16BrClN2/c13-11-7-10(14)8-16-12(11)15-6-5-9-3-1-2-4-9/h7-9H,1-6H2,(H,15,16). The maximum atomic E-state index is 5.83. The van der Waals surface area contributed by atoms with Crippen molar-refractivity contribution in [2.45, 2.75) is 32.1 Å². The van der Waals surface area contributed by atoms with Crippen LogP contribution in [0.3, 0.4) is 0 Å². The maximum absolute atomic E-state index is 5.83. The Labute approximate surface area is 110 Å². The molecule has 0 atom stereocenters. The van der Waals surface area contributed by atoms with Crippen molar-refractivity contribution in [2.75, 3.05) is 11.9 Å². The second kappa shape index (κ2) is 5.87. The van der Waals surface area contributed by atoms with Crippen LogP contribution >= 0.6 is 27.5 Å². The molecule has 0 saturated heterocycles. The zero-order valence-electron chi connectivity index (χ0n) is 9.18. The Hall–Kier alpha value is -0.280. The molecule has 1 N–H and O–H groups in total. The number of aromatic nitrogens is 1. The van der Waals surface area contributed by atoms with Crippen molar-refractivity contribution in [3.8, 4) is 0 Å². The largest absolute Gasteiger partial charge is 0.369 e. The first-order valence-electron chi connectivity index (χ1n) is 5.80. The molecule has 1 saturated carbocycles. The predicted octanol–water partition coefficient (Wildman–Crippen LogP) is 4.49. The summed E-state index contributed by atoms with van der Waals surface area (Å²) in [6, 6.07) is 1.87. The highest BCUT2D eigenvalue weighted by Crippen LogP contribution is 2.28. The van der Waals surface area contributed by atoms with Gasteiger partial charge in [0, 0.05) is 12.7 Å². The summed E-state index contributed by atoms with van der Waals surface area (Å²) in [6.45, 7) is 0.998. The van der Waals surface area contributed by atoms with Gasteiger partial charge < -0.3 is 5.32 Å². The zero-order valence-corrected chi connectivity index (χ0v) is 11.5. The van der Waals surface area contributed by atoms with Crippen molar-refractivity contribution in [2.24, 2.45) is 5.92 Å². The van der Waals surface area contributed by atoms with E-state index >= 15 is 0 Å². The Morgan fingerprint density at radius 1 is 1.44 bits per heavy atom. The van der Waals surface area contributed by atoms with Gasteiger partial charge in [0.05, 0.1) is 9.50 Å². The number of anilines is 1. The Morgan fingerprint density at radius 2 is 2.19 bits per heavy atom. The molecule has 16 heavy (non-hydrogen) atoms. The second-order valence-electron chi connectivity index (χ2n) is 4.35. The lowest BCUT2D eigenvalue weighted by Crippen LogP contribution is -2.08. The van der Waals surface area contributed by atoms with Gasteiger partial charge in [-0.05, 0) is 34.3 Å². The first-order chi connectivity index (χ1) is 7.75. The lowest BCUT2D eigenvalue weighted by molar-refractivity contribution is 0.518. The van der Waals surface area contributed by atoms with Gasteiger partial charge in [0.2, 0.25) is 0 Å². The lowest BCUT2D eigenvalue weighted by atomic mass is 10.0. The van der Waals surface area contributed by atoms with Gasteiger partial charge in [0.15, 0.2) is 0 Å². The quantitative estimate of drug-likeness (QED) is 0.886. The van der Waals surface area contributed by atoms with E-state index in [0.29, 0.717) is 5.02 Å². The highest BCUT2D eigenvalue weighted by Gasteiger charge is 2.14. The van der Waals surface area contributed by atoms with Crippen LogP contribution in [-0.2, 0) is 0 Å². The van der Waals surface area contributed by atoms with Crippen LogP contribution in [0.1, 0.15) is 32.1 Å². The van der Waals surface area contributed by atoms with E-state index in [0.717, 1.165) is 22.8 Å². The number of halogens is 2. The van der Waals surface area contributed by atoms with Gasteiger partial charge in [-0.1, -0.05) is 37.3 Å². The monoisotopic (exact) mass is 302 g/mol. The Morgan fingerprint density at radius 3 is 2.88 bits per heavy atom. The highest BCUT2D eigenvalue weighted by molar-refractivity contribution is 9.10. The molecule has 0 amide bonds. The van der Waals surface area contributed by atoms with Crippen molar-refractivity contribution in [3.05, 3.63) is 21.8 Å². The number of rotatable bonds is 4. The van der Waals surface area contributed by atoms with Crippen molar-refractivity contribution < 1.29 is 0 Å². The number of nitrogens with one attached hydrogen (secondary N) is 1. The molecule has 1 heterocycles. The average Bonchev–Trinajstić information content (AvgIpc) is 2.74. The molecule has 0 unspecified atom stereocenters. The average molecular weight is 304 g/mol. The van der Waals surface area contributed by atoms with E-state index in [1.165, 1.54) is 32.1 Å². The van der Waals surface area contributed by atoms with Crippen molar-refractivity contribution in [3.63, 3.8) is 0 Å². The van der Waals surface area contributed by atoms with Gasteiger partial charge in [0.1, 0.15) is 5.82 Å². The van der Waals surface area contributed by atoms with Crippen LogP contribution < -0.4 is 5.32 Å². The summed E-state index contributed by atoms with van der Waals surface area (Å²) < 4.78 is 0.937. The highest BCUT2D eigenvalue weighted by atomic mass is 79.9. The number of hydrogen-bond acceptors (Lipinski definition) is 2. The molecule has 4 heteroatoms. The zero-order chi connectivity index (χ0) is 11.4. The molecule has 0 aromatic carbocycles. The number of hydrogen-bond donors (Lipinski definition) is 1. The van der Waals surface area contributed by atoms with Crippen LogP contribution in [0.5, 0.6) is 0 Å². The van der Waals surface area contributed by atoms with Crippen molar-refractivity contribution in [1.82, 2.24) is 4.98 Å². The second-order valence-corrected chi connectivity index (χ2v) is 5.64. The summed E-state index contributed by atoms with van der Waals surface area (Å²) in [6.07, 6.45) is 8.54. The van der Waals surface area contributed by atoms with Gasteiger partial charge >= 0.3 is 0 Å². The molecule has 88 valence electrons. The van der Waals surface area contributed by atoms with Gasteiger partial charge in [-0.2, -0.15) is 0 Å². The van der Waals surface area contributed by atoms with Crippen LogP contribution in [0, 0.1) is 5.92 Å². The summed E-state index contributed by atoms with van der Waals surface area (Å²) in [5.41, 5.74) is 0. The first-order valence-corrected chi connectivity index (χ1v) is 6.98. The van der Waals surface area contributed by atoms with Crippen LogP contribution in [0.2, 0.25) is 5.02 Å². The molecule has 1 aromatic heterocycles. The van der Waals surface area contributed by atoms with Gasteiger partial charge in [-0.15, -0.1) is 0 Å². The summed E-state index contributed by atoms with van der Waals surface area (Å²) in [5, 5.41) is 4.01. The molecular weight excluding hydrogens is 288 g/mol. The third-order valence-corrected chi connectivity index (χ3v) is 3.94. The van der Waals surface area contributed by atoms with Gasteiger partial charge in [-0.3, -0.25) is 0 Å². The summed E-state index contributed by atoms with van der Waals surface area (Å²) in [4.78, 5) is 4.25. The Balaban J connectivity index is 1.80. The third-order valence-electron chi connectivity index (χ3n) is 3.13. The Kier molecular flexibility index (Phi) is 4.47. The minimum Gasteiger partial charge on any atom is -0.369 e. The molecule has 1 aliphatic carbocycles. The molecule has 2 nitrogen and oxygen atoms in total. The fourth-order valence-electron chi connectivity index (χ4n) is 2.24. The normalized spacial score (nSPS) is 16.6. The molecule has 1 aliphatic rings. The van der Waals surface area contributed by atoms with Gasteiger partial charge in [0.25, 0.3) is 0 Å². The summed E-state index contributed by atoms with van der Waals surface area (Å²) in [5.74, 6) is 1.81. The van der Waals surface area contributed by atoms with E-state index in [1.54, 1.807) is 6.20 Å². The molecular formula is C12H16BrClN2. The SMILES string of the molecule is Clc1cnc(NCCC2CCCC2)c(Br)c1. The van der Waals surface area contributed by atoms with E-state index in [2.05, 4.69) is 26.2 Å².